The number of hydrogen-bond donors (Lipinski definition) is 1. The third kappa shape index (κ3) is 6.25. The quantitative estimate of drug-likeness (QED) is 0.489. The standard InChI is InChI=1S/C25H25NO6/c1-29-22-13-12-19(14-23(22)30-2)15-26-24(27)17-32-25(28)20-10-6-7-11-21(20)31-16-18-8-4-3-5-9-18/h3-14H,15-17H2,1-2H3,(H,26,27). The summed E-state index contributed by atoms with van der Waals surface area (Å²) in [6.07, 6.45) is 0. The molecule has 0 heterocycles. The van der Waals surface area contributed by atoms with E-state index in [1.807, 2.05) is 36.4 Å². The van der Waals surface area contributed by atoms with Crippen LogP contribution in [0.4, 0.5) is 0 Å². The molecular formula is C25H25NO6. The minimum absolute atomic E-state index is 0.257. The molecule has 0 aromatic heterocycles. The predicted molar refractivity (Wildman–Crippen MR) is 119 cm³/mol. The normalized spacial score (nSPS) is 10.2. The van der Waals surface area contributed by atoms with Gasteiger partial charge in [-0.1, -0.05) is 48.5 Å². The highest BCUT2D eigenvalue weighted by Gasteiger charge is 2.15. The summed E-state index contributed by atoms with van der Waals surface area (Å²) in [6, 6.07) is 21.7. The first-order valence-electron chi connectivity index (χ1n) is 10.0. The molecule has 0 bridgehead atoms. The van der Waals surface area contributed by atoms with Crippen LogP contribution in [-0.2, 0) is 22.7 Å². The molecule has 3 aromatic rings. The maximum atomic E-state index is 12.5. The third-order valence-corrected chi connectivity index (χ3v) is 4.62. The fourth-order valence-corrected chi connectivity index (χ4v) is 2.95. The maximum Gasteiger partial charge on any atom is 0.342 e. The van der Waals surface area contributed by atoms with Crippen molar-refractivity contribution in [3.63, 3.8) is 0 Å². The van der Waals surface area contributed by atoms with Gasteiger partial charge in [0.2, 0.25) is 0 Å². The molecule has 0 aliphatic heterocycles. The largest absolute Gasteiger partial charge is 0.493 e. The SMILES string of the molecule is COc1ccc(CNC(=O)COC(=O)c2ccccc2OCc2ccccc2)cc1OC. The molecule has 166 valence electrons. The fraction of sp³-hybridized carbons (Fsp3) is 0.200. The zero-order valence-corrected chi connectivity index (χ0v) is 18.0. The van der Waals surface area contributed by atoms with Gasteiger partial charge in [0.15, 0.2) is 18.1 Å². The summed E-state index contributed by atoms with van der Waals surface area (Å²) in [5.41, 5.74) is 2.06. The van der Waals surface area contributed by atoms with E-state index in [0.717, 1.165) is 11.1 Å². The summed E-state index contributed by atoms with van der Waals surface area (Å²) < 4.78 is 21.4. The van der Waals surface area contributed by atoms with E-state index in [1.165, 1.54) is 0 Å². The highest BCUT2D eigenvalue weighted by molar-refractivity contribution is 5.94. The van der Waals surface area contributed by atoms with E-state index in [2.05, 4.69) is 5.32 Å². The Labute approximate surface area is 186 Å². The van der Waals surface area contributed by atoms with Crippen molar-refractivity contribution < 1.29 is 28.5 Å². The Hall–Kier alpha value is -4.00. The second kappa shape index (κ2) is 11.4. The van der Waals surface area contributed by atoms with Crippen LogP contribution in [0.5, 0.6) is 17.2 Å². The van der Waals surface area contributed by atoms with E-state index >= 15 is 0 Å². The van der Waals surface area contributed by atoms with Gasteiger partial charge in [0.1, 0.15) is 17.9 Å². The fourth-order valence-electron chi connectivity index (χ4n) is 2.95. The van der Waals surface area contributed by atoms with Gasteiger partial charge in [0.25, 0.3) is 5.91 Å². The highest BCUT2D eigenvalue weighted by atomic mass is 16.5. The van der Waals surface area contributed by atoms with Crippen molar-refractivity contribution in [3.8, 4) is 17.2 Å². The number of esters is 1. The number of benzene rings is 3. The van der Waals surface area contributed by atoms with Crippen LogP contribution in [0.3, 0.4) is 0 Å². The molecule has 0 radical (unpaired) electrons. The lowest BCUT2D eigenvalue weighted by molar-refractivity contribution is -0.124. The molecule has 32 heavy (non-hydrogen) atoms. The summed E-state index contributed by atoms with van der Waals surface area (Å²) in [7, 11) is 3.10. The average Bonchev–Trinajstić information content (AvgIpc) is 2.85. The number of carbonyl (C=O) groups is 2. The van der Waals surface area contributed by atoms with Crippen LogP contribution in [0.2, 0.25) is 0 Å². The van der Waals surface area contributed by atoms with Crippen LogP contribution in [0.15, 0.2) is 72.8 Å². The number of hydrogen-bond acceptors (Lipinski definition) is 6. The van der Waals surface area contributed by atoms with Crippen LogP contribution in [0.25, 0.3) is 0 Å². The Balaban J connectivity index is 1.51. The molecule has 0 saturated carbocycles. The van der Waals surface area contributed by atoms with Crippen molar-refractivity contribution >= 4 is 11.9 Å². The number of ether oxygens (including phenoxy) is 4. The Morgan fingerprint density at radius 2 is 1.50 bits per heavy atom. The first kappa shape index (κ1) is 22.7. The van der Waals surface area contributed by atoms with Crippen molar-refractivity contribution in [1.82, 2.24) is 5.32 Å². The molecule has 1 amide bonds. The number of rotatable bonds is 10. The number of amides is 1. The summed E-state index contributed by atoms with van der Waals surface area (Å²) >= 11 is 0. The van der Waals surface area contributed by atoms with E-state index in [1.54, 1.807) is 50.6 Å². The lowest BCUT2D eigenvalue weighted by Gasteiger charge is -2.12. The second-order valence-electron chi connectivity index (χ2n) is 6.81. The molecule has 0 atom stereocenters. The minimum Gasteiger partial charge on any atom is -0.493 e. The molecule has 0 aliphatic rings. The average molecular weight is 435 g/mol. The molecule has 3 rings (SSSR count). The van der Waals surface area contributed by atoms with Gasteiger partial charge in [-0.15, -0.1) is 0 Å². The van der Waals surface area contributed by atoms with Gasteiger partial charge < -0.3 is 24.3 Å². The van der Waals surface area contributed by atoms with E-state index in [9.17, 15) is 9.59 Å². The predicted octanol–water partition coefficient (Wildman–Crippen LogP) is 3.76. The first-order valence-corrected chi connectivity index (χ1v) is 10.0. The summed E-state index contributed by atoms with van der Waals surface area (Å²) in [5.74, 6) is 0.514. The molecule has 0 saturated heterocycles. The van der Waals surface area contributed by atoms with Gasteiger partial charge in [-0.05, 0) is 35.4 Å². The molecule has 3 aromatic carbocycles. The summed E-state index contributed by atoms with van der Waals surface area (Å²) in [4.78, 5) is 24.6. The summed E-state index contributed by atoms with van der Waals surface area (Å²) in [6.45, 7) is 0.170. The Kier molecular flexibility index (Phi) is 8.09. The smallest absolute Gasteiger partial charge is 0.342 e. The van der Waals surface area contributed by atoms with Crippen molar-refractivity contribution in [1.29, 1.82) is 0 Å². The molecule has 0 spiro atoms. The zero-order valence-electron chi connectivity index (χ0n) is 18.0. The van der Waals surface area contributed by atoms with Gasteiger partial charge in [0, 0.05) is 6.54 Å². The third-order valence-electron chi connectivity index (χ3n) is 4.62. The molecule has 0 unspecified atom stereocenters. The molecule has 7 heteroatoms. The van der Waals surface area contributed by atoms with Crippen LogP contribution < -0.4 is 19.5 Å². The molecule has 1 N–H and O–H groups in total. The lowest BCUT2D eigenvalue weighted by Crippen LogP contribution is -2.28. The molecular weight excluding hydrogens is 410 g/mol. The van der Waals surface area contributed by atoms with Gasteiger partial charge in [-0.2, -0.15) is 0 Å². The Bertz CT molecular complexity index is 1050. The lowest BCUT2D eigenvalue weighted by atomic mass is 10.2. The Morgan fingerprint density at radius 3 is 2.25 bits per heavy atom. The van der Waals surface area contributed by atoms with E-state index in [0.29, 0.717) is 23.9 Å². The molecule has 0 fully saturated rings. The van der Waals surface area contributed by atoms with E-state index < -0.39 is 18.5 Å². The van der Waals surface area contributed by atoms with Crippen LogP contribution in [0.1, 0.15) is 21.5 Å². The topological polar surface area (TPSA) is 83.1 Å². The summed E-state index contributed by atoms with van der Waals surface area (Å²) in [5, 5.41) is 2.71. The van der Waals surface area contributed by atoms with E-state index in [-0.39, 0.29) is 12.1 Å². The number of para-hydroxylation sites is 1. The number of carbonyl (C=O) groups excluding carboxylic acids is 2. The van der Waals surface area contributed by atoms with Crippen molar-refractivity contribution in [3.05, 3.63) is 89.5 Å². The van der Waals surface area contributed by atoms with Crippen molar-refractivity contribution in [2.75, 3.05) is 20.8 Å². The van der Waals surface area contributed by atoms with Crippen LogP contribution in [0, 0.1) is 0 Å². The first-order chi connectivity index (χ1) is 15.6. The van der Waals surface area contributed by atoms with Gasteiger partial charge in [0.05, 0.1) is 14.2 Å². The number of nitrogens with one attached hydrogen (secondary N) is 1. The van der Waals surface area contributed by atoms with Crippen molar-refractivity contribution in [2.45, 2.75) is 13.2 Å². The van der Waals surface area contributed by atoms with Crippen molar-refractivity contribution in [2.24, 2.45) is 0 Å². The second-order valence-corrected chi connectivity index (χ2v) is 6.81. The molecule has 0 aliphatic carbocycles. The monoisotopic (exact) mass is 435 g/mol. The zero-order chi connectivity index (χ0) is 22.8. The number of methoxy groups -OCH3 is 2. The minimum atomic E-state index is -0.630. The van der Waals surface area contributed by atoms with Crippen LogP contribution in [-0.4, -0.2) is 32.7 Å². The Morgan fingerprint density at radius 1 is 0.781 bits per heavy atom. The van der Waals surface area contributed by atoms with Crippen LogP contribution >= 0.6 is 0 Å². The van der Waals surface area contributed by atoms with Gasteiger partial charge in [-0.25, -0.2) is 4.79 Å². The van der Waals surface area contributed by atoms with Gasteiger partial charge >= 0.3 is 5.97 Å². The van der Waals surface area contributed by atoms with E-state index in [4.69, 9.17) is 18.9 Å². The van der Waals surface area contributed by atoms with Gasteiger partial charge in [-0.3, -0.25) is 4.79 Å². The molecule has 7 nitrogen and oxygen atoms in total. The highest BCUT2D eigenvalue weighted by Crippen LogP contribution is 2.27. The maximum absolute atomic E-state index is 12.5.